The Morgan fingerprint density at radius 2 is 1.75 bits per heavy atom. The third-order valence-electron chi connectivity index (χ3n) is 4.90. The van der Waals surface area contributed by atoms with Crippen LogP contribution in [0.2, 0.25) is 0 Å². The van der Waals surface area contributed by atoms with Gasteiger partial charge in [-0.25, -0.2) is 8.42 Å². The van der Waals surface area contributed by atoms with Crippen LogP contribution in [0, 0.1) is 0 Å². The average molecular weight is 483 g/mol. The van der Waals surface area contributed by atoms with E-state index in [2.05, 4.69) is 5.32 Å². The Hall–Kier alpha value is -2.63. The van der Waals surface area contributed by atoms with Gasteiger partial charge in [0.1, 0.15) is 4.21 Å². The number of rotatable bonds is 9. The first-order valence-corrected chi connectivity index (χ1v) is 12.4. The molecule has 174 valence electrons. The molecule has 1 saturated heterocycles. The van der Waals surface area contributed by atoms with Crippen molar-refractivity contribution in [3.63, 3.8) is 0 Å². The lowest BCUT2D eigenvalue weighted by atomic mass is 10.2. The number of hydrogen-bond acceptors (Lipinski definition) is 8. The molecule has 1 N–H and O–H groups in total. The van der Waals surface area contributed by atoms with Gasteiger partial charge in [-0.1, -0.05) is 6.42 Å². The van der Waals surface area contributed by atoms with E-state index in [1.165, 1.54) is 24.6 Å². The minimum Gasteiger partial charge on any atom is -0.493 e. The number of carbonyl (C=O) groups excluding carboxylic acids is 2. The zero-order valence-corrected chi connectivity index (χ0v) is 19.6. The van der Waals surface area contributed by atoms with E-state index in [0.29, 0.717) is 35.2 Å². The van der Waals surface area contributed by atoms with Gasteiger partial charge in [0.2, 0.25) is 0 Å². The van der Waals surface area contributed by atoms with Gasteiger partial charge in [0.15, 0.2) is 18.1 Å². The fourth-order valence-electron chi connectivity index (χ4n) is 3.27. The van der Waals surface area contributed by atoms with Crippen LogP contribution in [-0.2, 0) is 30.8 Å². The standard InChI is InChI=1S/C21H26N2O7S2/c1-28-17-8-6-15(12-18(17)29-2)22-19(24)14-30-20(25)13-16-7-9-21(31-16)32(26,27)23-10-4-3-5-11-23/h6-9,12H,3-5,10-11,13-14H2,1-2H3,(H,22,24). The lowest BCUT2D eigenvalue weighted by molar-refractivity contribution is -0.146. The van der Waals surface area contributed by atoms with Gasteiger partial charge in [-0.2, -0.15) is 4.31 Å². The van der Waals surface area contributed by atoms with Crippen molar-refractivity contribution in [2.24, 2.45) is 0 Å². The summed E-state index contributed by atoms with van der Waals surface area (Å²) in [5, 5.41) is 2.61. The van der Waals surface area contributed by atoms with E-state index in [1.807, 2.05) is 0 Å². The predicted octanol–water partition coefficient (Wildman–Crippen LogP) is 2.66. The smallest absolute Gasteiger partial charge is 0.311 e. The maximum atomic E-state index is 12.7. The van der Waals surface area contributed by atoms with Crippen LogP contribution in [0.3, 0.4) is 0 Å². The van der Waals surface area contributed by atoms with E-state index in [9.17, 15) is 18.0 Å². The molecule has 0 atom stereocenters. The molecule has 0 unspecified atom stereocenters. The molecule has 0 saturated carbocycles. The van der Waals surface area contributed by atoms with Crippen LogP contribution >= 0.6 is 11.3 Å². The zero-order valence-electron chi connectivity index (χ0n) is 18.0. The first-order chi connectivity index (χ1) is 15.3. The number of anilines is 1. The van der Waals surface area contributed by atoms with Crippen LogP contribution in [-0.4, -0.2) is 58.5 Å². The number of benzene rings is 1. The monoisotopic (exact) mass is 482 g/mol. The molecule has 0 radical (unpaired) electrons. The van der Waals surface area contributed by atoms with Gasteiger partial charge in [-0.05, 0) is 37.1 Å². The average Bonchev–Trinajstić information content (AvgIpc) is 3.27. The Morgan fingerprint density at radius 3 is 2.44 bits per heavy atom. The highest BCUT2D eigenvalue weighted by molar-refractivity contribution is 7.91. The molecule has 1 aliphatic heterocycles. The Labute approximate surface area is 191 Å². The Kier molecular flexibility index (Phi) is 8.10. The predicted molar refractivity (Wildman–Crippen MR) is 120 cm³/mol. The highest BCUT2D eigenvalue weighted by Crippen LogP contribution is 2.30. The van der Waals surface area contributed by atoms with Gasteiger partial charge in [-0.3, -0.25) is 9.59 Å². The Balaban J connectivity index is 1.50. The van der Waals surface area contributed by atoms with Crippen molar-refractivity contribution in [3.8, 4) is 11.5 Å². The molecule has 1 aromatic heterocycles. The fourth-order valence-corrected chi connectivity index (χ4v) is 6.29. The van der Waals surface area contributed by atoms with Crippen molar-refractivity contribution >= 4 is 38.9 Å². The SMILES string of the molecule is COc1ccc(NC(=O)COC(=O)Cc2ccc(S(=O)(=O)N3CCCCC3)s2)cc1OC. The third kappa shape index (κ3) is 5.99. The number of ether oxygens (including phenoxy) is 3. The van der Waals surface area contributed by atoms with Crippen LogP contribution in [0.1, 0.15) is 24.1 Å². The van der Waals surface area contributed by atoms with Crippen molar-refractivity contribution in [2.75, 3.05) is 39.2 Å². The number of amides is 1. The molecule has 0 spiro atoms. The Morgan fingerprint density at radius 1 is 1.03 bits per heavy atom. The summed E-state index contributed by atoms with van der Waals surface area (Å²) in [5.41, 5.74) is 0.467. The number of piperidine rings is 1. The molecule has 3 rings (SSSR count). The minimum atomic E-state index is -3.53. The molecule has 0 aliphatic carbocycles. The van der Waals surface area contributed by atoms with Gasteiger partial charge in [0.25, 0.3) is 15.9 Å². The molecule has 11 heteroatoms. The van der Waals surface area contributed by atoms with E-state index < -0.39 is 28.5 Å². The van der Waals surface area contributed by atoms with Gasteiger partial charge in [0, 0.05) is 29.7 Å². The molecular formula is C21H26N2O7S2. The molecule has 0 bridgehead atoms. The largest absolute Gasteiger partial charge is 0.493 e. The number of hydrogen-bond donors (Lipinski definition) is 1. The van der Waals surface area contributed by atoms with E-state index in [1.54, 1.807) is 24.3 Å². The van der Waals surface area contributed by atoms with Crippen molar-refractivity contribution in [3.05, 3.63) is 35.2 Å². The summed E-state index contributed by atoms with van der Waals surface area (Å²) < 4.78 is 42.5. The van der Waals surface area contributed by atoms with E-state index >= 15 is 0 Å². The second-order valence-electron chi connectivity index (χ2n) is 7.14. The van der Waals surface area contributed by atoms with Crippen molar-refractivity contribution in [2.45, 2.75) is 29.9 Å². The number of nitrogens with zero attached hydrogens (tertiary/aromatic N) is 1. The summed E-state index contributed by atoms with van der Waals surface area (Å²) in [6.07, 6.45) is 2.64. The summed E-state index contributed by atoms with van der Waals surface area (Å²) in [6, 6.07) is 7.99. The number of methoxy groups -OCH3 is 2. The summed E-state index contributed by atoms with van der Waals surface area (Å²) in [6.45, 7) is 0.580. The van der Waals surface area contributed by atoms with Crippen LogP contribution in [0.5, 0.6) is 11.5 Å². The zero-order chi connectivity index (χ0) is 23.1. The lowest BCUT2D eigenvalue weighted by Gasteiger charge is -2.25. The number of nitrogens with one attached hydrogen (secondary N) is 1. The van der Waals surface area contributed by atoms with Gasteiger partial charge >= 0.3 is 5.97 Å². The number of esters is 1. The number of carbonyl (C=O) groups is 2. The molecule has 32 heavy (non-hydrogen) atoms. The maximum Gasteiger partial charge on any atom is 0.311 e. The lowest BCUT2D eigenvalue weighted by Crippen LogP contribution is -2.35. The number of thiophene rings is 1. The summed E-state index contributed by atoms with van der Waals surface area (Å²) >= 11 is 1.05. The molecule has 1 fully saturated rings. The van der Waals surface area contributed by atoms with E-state index in [0.717, 1.165) is 30.6 Å². The van der Waals surface area contributed by atoms with Crippen LogP contribution in [0.15, 0.2) is 34.5 Å². The van der Waals surface area contributed by atoms with Gasteiger partial charge < -0.3 is 19.5 Å². The van der Waals surface area contributed by atoms with Crippen molar-refractivity contribution < 1.29 is 32.2 Å². The molecular weight excluding hydrogens is 456 g/mol. The first kappa shape index (κ1) is 24.0. The topological polar surface area (TPSA) is 111 Å². The van der Waals surface area contributed by atoms with Gasteiger partial charge in [0.05, 0.1) is 20.6 Å². The minimum absolute atomic E-state index is 0.107. The molecule has 1 aromatic carbocycles. The highest BCUT2D eigenvalue weighted by atomic mass is 32.2. The van der Waals surface area contributed by atoms with Crippen molar-refractivity contribution in [1.82, 2.24) is 4.31 Å². The van der Waals surface area contributed by atoms with E-state index in [4.69, 9.17) is 14.2 Å². The molecule has 2 heterocycles. The van der Waals surface area contributed by atoms with Crippen LogP contribution in [0.25, 0.3) is 0 Å². The highest BCUT2D eigenvalue weighted by Gasteiger charge is 2.27. The quantitative estimate of drug-likeness (QED) is 0.547. The first-order valence-electron chi connectivity index (χ1n) is 10.1. The third-order valence-corrected chi connectivity index (χ3v) is 8.35. The van der Waals surface area contributed by atoms with Crippen LogP contribution < -0.4 is 14.8 Å². The van der Waals surface area contributed by atoms with Crippen molar-refractivity contribution in [1.29, 1.82) is 0 Å². The number of sulfonamides is 1. The molecule has 1 amide bonds. The Bertz CT molecular complexity index is 1060. The molecule has 9 nitrogen and oxygen atoms in total. The van der Waals surface area contributed by atoms with Crippen LogP contribution in [0.4, 0.5) is 5.69 Å². The summed E-state index contributed by atoms with van der Waals surface area (Å²) in [7, 11) is -0.537. The second-order valence-corrected chi connectivity index (χ2v) is 10.5. The van der Waals surface area contributed by atoms with Gasteiger partial charge in [-0.15, -0.1) is 11.3 Å². The summed E-state index contributed by atoms with van der Waals surface area (Å²) in [5.74, 6) is -0.147. The maximum absolute atomic E-state index is 12.7. The normalized spacial score (nSPS) is 14.6. The molecule has 2 aromatic rings. The fraction of sp³-hybridized carbons (Fsp3) is 0.429. The summed E-state index contributed by atoms with van der Waals surface area (Å²) in [4.78, 5) is 24.8. The van der Waals surface area contributed by atoms with E-state index in [-0.39, 0.29) is 10.6 Å². The molecule has 1 aliphatic rings. The second kappa shape index (κ2) is 10.8.